The molecule has 2 aliphatic carbocycles. The van der Waals surface area contributed by atoms with Crippen LogP contribution in [0, 0.1) is 0 Å². The third-order valence-corrected chi connectivity index (χ3v) is 20.2. The zero-order valence-corrected chi connectivity index (χ0v) is 18.9. The van der Waals surface area contributed by atoms with Crippen molar-refractivity contribution in [1.29, 1.82) is 0 Å². The number of hydrogen-bond acceptors (Lipinski definition) is 0. The number of hydrogen-bond donors (Lipinski definition) is 0. The van der Waals surface area contributed by atoms with E-state index in [2.05, 4.69) is 39.1 Å². The second kappa shape index (κ2) is 5.83. The van der Waals surface area contributed by atoms with Gasteiger partial charge in [0.25, 0.3) is 0 Å². The molecule has 0 unspecified atom stereocenters. The van der Waals surface area contributed by atoms with E-state index >= 15 is 0 Å². The van der Waals surface area contributed by atoms with Gasteiger partial charge in [-0.2, -0.15) is 0 Å². The van der Waals surface area contributed by atoms with Crippen LogP contribution in [0.3, 0.4) is 0 Å². The maximum atomic E-state index is 2.67. The first kappa shape index (κ1) is 16.6. The van der Waals surface area contributed by atoms with Gasteiger partial charge >= 0.3 is 154 Å². The van der Waals surface area contributed by atoms with E-state index in [1.54, 1.807) is 35.3 Å². The van der Waals surface area contributed by atoms with E-state index in [9.17, 15) is 0 Å². The molecule has 0 aromatic heterocycles. The topological polar surface area (TPSA) is 0 Å². The Morgan fingerprint density at radius 3 is 1.43 bits per heavy atom. The Labute approximate surface area is 153 Å². The van der Waals surface area contributed by atoms with Crippen molar-refractivity contribution in [2.75, 3.05) is 0 Å². The Morgan fingerprint density at radius 1 is 0.739 bits per heavy atom. The summed E-state index contributed by atoms with van der Waals surface area (Å²) < 4.78 is 3.83. The molecule has 2 saturated heterocycles. The molecule has 23 heavy (non-hydrogen) atoms. The third-order valence-electron chi connectivity index (χ3n) is 7.08. The summed E-state index contributed by atoms with van der Waals surface area (Å²) in [5, 5.41) is 3.85. The molecule has 2 heterocycles. The van der Waals surface area contributed by atoms with Crippen LogP contribution in [-0.2, 0) is 19.2 Å². The van der Waals surface area contributed by atoms with Crippen molar-refractivity contribution >= 4 is 16.1 Å². The van der Waals surface area contributed by atoms with Crippen LogP contribution in [0.1, 0.15) is 39.5 Å². The molecule has 0 N–H and O–H groups in total. The second-order valence-corrected chi connectivity index (χ2v) is 20.2. The summed E-state index contributed by atoms with van der Waals surface area (Å²) in [5.74, 6) is 0. The fraction of sp³-hybridized carbons (Fsp3) is 0.600. The SMILES string of the molecule is CC1=[C]([Ti][C]2=C(C)CC=C2[Si]2(C)CCC2)C([Si]2(C)CCC2)=CC1. The monoisotopic (exact) mass is 374 g/mol. The molecule has 0 nitrogen and oxygen atoms in total. The van der Waals surface area contributed by atoms with Gasteiger partial charge < -0.3 is 0 Å². The van der Waals surface area contributed by atoms with Crippen LogP contribution in [0.4, 0.5) is 0 Å². The molecule has 0 saturated carbocycles. The minimum absolute atomic E-state index is 0.0917. The van der Waals surface area contributed by atoms with E-state index in [-0.39, 0.29) is 19.2 Å². The van der Waals surface area contributed by atoms with Gasteiger partial charge in [0.2, 0.25) is 0 Å². The molecule has 0 radical (unpaired) electrons. The first-order valence-corrected chi connectivity index (χ1v) is 16.9. The molecule has 3 heteroatoms. The van der Waals surface area contributed by atoms with Gasteiger partial charge in [0, 0.05) is 0 Å². The van der Waals surface area contributed by atoms with Gasteiger partial charge in [-0.15, -0.1) is 0 Å². The first-order chi connectivity index (χ1) is 10.9. The molecule has 0 spiro atoms. The Hall–Kier alpha value is 0.108. The summed E-state index contributed by atoms with van der Waals surface area (Å²) in [5.41, 5.74) is 3.49. The molecule has 0 aromatic rings. The van der Waals surface area contributed by atoms with E-state index in [1.165, 1.54) is 25.7 Å². The van der Waals surface area contributed by atoms with E-state index in [1.807, 2.05) is 18.1 Å². The predicted molar refractivity (Wildman–Crippen MR) is 102 cm³/mol. The number of allylic oxidation sites excluding steroid dienone is 8. The van der Waals surface area contributed by atoms with Crippen molar-refractivity contribution in [3.05, 3.63) is 41.4 Å². The van der Waals surface area contributed by atoms with Gasteiger partial charge in [-0.3, -0.25) is 0 Å². The summed E-state index contributed by atoms with van der Waals surface area (Å²) in [4.78, 5) is 0. The fourth-order valence-corrected chi connectivity index (χ4v) is 17.1. The van der Waals surface area contributed by atoms with Crippen molar-refractivity contribution in [2.24, 2.45) is 0 Å². The second-order valence-electron chi connectivity index (χ2n) is 8.91. The molecular weight excluding hydrogens is 344 g/mol. The van der Waals surface area contributed by atoms with E-state index in [4.69, 9.17) is 0 Å². The molecule has 2 aliphatic heterocycles. The molecule has 4 aliphatic rings. The normalized spacial score (nSPS) is 28.3. The van der Waals surface area contributed by atoms with Crippen molar-refractivity contribution in [3.8, 4) is 0 Å². The Kier molecular flexibility index (Phi) is 4.20. The van der Waals surface area contributed by atoms with Crippen molar-refractivity contribution in [3.63, 3.8) is 0 Å². The number of rotatable bonds is 4. The fourth-order valence-electron chi connectivity index (χ4n) is 4.90. The summed E-state index contributed by atoms with van der Waals surface area (Å²) in [6.07, 6.45) is 10.9. The van der Waals surface area contributed by atoms with E-state index in [0.717, 1.165) is 0 Å². The summed E-state index contributed by atoms with van der Waals surface area (Å²) >= 11 is -0.0917. The molecule has 4 rings (SSSR count). The van der Waals surface area contributed by atoms with Gasteiger partial charge in [0.15, 0.2) is 0 Å². The van der Waals surface area contributed by atoms with Crippen LogP contribution >= 0.6 is 0 Å². The Bertz CT molecular complexity index is 612. The van der Waals surface area contributed by atoms with Gasteiger partial charge in [-0.25, -0.2) is 0 Å². The van der Waals surface area contributed by atoms with Gasteiger partial charge in [0.05, 0.1) is 0 Å². The Balaban J connectivity index is 1.62. The molecular formula is C20H30Si2Ti. The molecule has 0 aromatic carbocycles. The van der Waals surface area contributed by atoms with Crippen molar-refractivity contribution < 1.29 is 19.2 Å². The zero-order chi connectivity index (χ0) is 16.2. The minimum atomic E-state index is -1.02. The van der Waals surface area contributed by atoms with Crippen LogP contribution in [0.5, 0.6) is 0 Å². The third kappa shape index (κ3) is 2.65. The van der Waals surface area contributed by atoms with Crippen LogP contribution in [0.2, 0.25) is 37.3 Å². The van der Waals surface area contributed by atoms with Crippen LogP contribution in [0.15, 0.2) is 41.4 Å². The van der Waals surface area contributed by atoms with Crippen molar-refractivity contribution in [2.45, 2.75) is 76.8 Å². The van der Waals surface area contributed by atoms with Gasteiger partial charge in [0.1, 0.15) is 0 Å². The van der Waals surface area contributed by atoms with Gasteiger partial charge in [-0.1, -0.05) is 0 Å². The zero-order valence-electron chi connectivity index (χ0n) is 15.3. The average Bonchev–Trinajstić information content (AvgIpc) is 3.00. The molecule has 2 fully saturated rings. The standard InChI is InChI=1S/2C10H15Si.Ti/c2*1-9-4-5-10(8-9)11(2)6-3-7-11;/h2*5H,3-4,6-7H2,1-2H3;. The molecule has 122 valence electrons. The molecule has 0 atom stereocenters. The molecule has 0 bridgehead atoms. The van der Waals surface area contributed by atoms with E-state index in [0.29, 0.717) is 0 Å². The van der Waals surface area contributed by atoms with Gasteiger partial charge in [-0.05, 0) is 0 Å². The maximum absolute atomic E-state index is 2.67. The van der Waals surface area contributed by atoms with Crippen LogP contribution < -0.4 is 0 Å². The summed E-state index contributed by atoms with van der Waals surface area (Å²) in [6, 6.07) is 6.26. The molecule has 0 amide bonds. The van der Waals surface area contributed by atoms with Crippen molar-refractivity contribution in [1.82, 2.24) is 0 Å². The predicted octanol–water partition coefficient (Wildman–Crippen LogP) is 6.32. The average molecular weight is 374 g/mol. The summed E-state index contributed by atoms with van der Waals surface area (Å²) in [7, 11) is -2.04. The van der Waals surface area contributed by atoms with Crippen LogP contribution in [0.25, 0.3) is 0 Å². The quantitative estimate of drug-likeness (QED) is 0.505. The summed E-state index contributed by atoms with van der Waals surface area (Å²) in [6.45, 7) is 10.2. The van der Waals surface area contributed by atoms with Crippen LogP contribution in [-0.4, -0.2) is 16.1 Å². The first-order valence-electron chi connectivity index (χ1n) is 9.52. The Morgan fingerprint density at radius 2 is 1.13 bits per heavy atom. The van der Waals surface area contributed by atoms with E-state index < -0.39 is 16.1 Å².